The molecule has 0 amide bonds. The van der Waals surface area contributed by atoms with Crippen LogP contribution in [0.2, 0.25) is 0 Å². The number of benzene rings is 1. The molecule has 19 heavy (non-hydrogen) atoms. The summed E-state index contributed by atoms with van der Waals surface area (Å²) in [6.07, 6.45) is 6.12. The van der Waals surface area contributed by atoms with E-state index in [1.165, 1.54) is 12.8 Å². The first-order chi connectivity index (χ1) is 9.34. The van der Waals surface area contributed by atoms with Gasteiger partial charge in [-0.25, -0.2) is 0 Å². The van der Waals surface area contributed by atoms with Crippen LogP contribution in [0, 0.1) is 5.92 Å². The molecule has 1 aromatic carbocycles. The number of ether oxygens (including phenoxy) is 1. The lowest BCUT2D eigenvalue weighted by Crippen LogP contribution is -2.25. The second-order valence-corrected chi connectivity index (χ2v) is 5.25. The highest BCUT2D eigenvalue weighted by molar-refractivity contribution is 5.84. The predicted octanol–water partition coefficient (Wildman–Crippen LogP) is 3.16. The average molecular weight is 257 g/mol. The molecule has 2 aromatic rings. The highest BCUT2D eigenvalue weighted by Crippen LogP contribution is 2.29. The van der Waals surface area contributed by atoms with Gasteiger partial charge in [-0.3, -0.25) is 4.98 Å². The zero-order chi connectivity index (χ0) is 13.1. The molecule has 100 valence electrons. The number of pyridine rings is 1. The quantitative estimate of drug-likeness (QED) is 0.914. The van der Waals surface area contributed by atoms with Crippen molar-refractivity contribution in [1.82, 2.24) is 4.98 Å². The van der Waals surface area contributed by atoms with Crippen LogP contribution in [0.4, 0.5) is 0 Å². The molecule has 1 heterocycles. The molecule has 0 bridgehead atoms. The predicted molar refractivity (Wildman–Crippen MR) is 75.2 cm³/mol. The topological polar surface area (TPSA) is 42.4 Å². The van der Waals surface area contributed by atoms with E-state index in [9.17, 15) is 5.11 Å². The summed E-state index contributed by atoms with van der Waals surface area (Å²) in [5.74, 6) is 1.16. The van der Waals surface area contributed by atoms with Gasteiger partial charge >= 0.3 is 0 Å². The van der Waals surface area contributed by atoms with Crippen LogP contribution in [-0.2, 0) is 0 Å². The number of nitrogens with zero attached hydrogens (tertiary/aromatic N) is 1. The maximum absolute atomic E-state index is 10.1. The van der Waals surface area contributed by atoms with Gasteiger partial charge in [0.25, 0.3) is 0 Å². The van der Waals surface area contributed by atoms with Crippen molar-refractivity contribution in [2.45, 2.75) is 31.8 Å². The normalized spacial score (nSPS) is 17.7. The number of fused-ring (bicyclic) bond motifs is 1. The van der Waals surface area contributed by atoms with Crippen molar-refractivity contribution in [1.29, 1.82) is 0 Å². The number of hydrogen-bond donors (Lipinski definition) is 1. The number of hydrogen-bond acceptors (Lipinski definition) is 3. The number of para-hydroxylation sites is 1. The maximum atomic E-state index is 10.1. The monoisotopic (exact) mass is 257 g/mol. The maximum Gasteiger partial charge on any atom is 0.145 e. The Morgan fingerprint density at radius 2 is 2.00 bits per heavy atom. The summed E-state index contributed by atoms with van der Waals surface area (Å²) in [6.45, 7) is 0.361. The first-order valence-corrected chi connectivity index (χ1v) is 6.99. The van der Waals surface area contributed by atoms with Crippen molar-refractivity contribution in [3.05, 3.63) is 36.5 Å². The Balaban J connectivity index is 1.71. The summed E-state index contributed by atoms with van der Waals surface area (Å²) in [5, 5.41) is 11.2. The molecule has 1 aliphatic rings. The number of aromatic nitrogens is 1. The lowest BCUT2D eigenvalue weighted by Gasteiger charge is -2.18. The minimum Gasteiger partial charge on any atom is -0.489 e. The SMILES string of the molecule is OC(COc1cccc2cccnc12)C1CCCC1. The summed E-state index contributed by atoms with van der Waals surface area (Å²) >= 11 is 0. The fourth-order valence-corrected chi connectivity index (χ4v) is 2.85. The first kappa shape index (κ1) is 12.4. The van der Waals surface area contributed by atoms with Crippen LogP contribution >= 0.6 is 0 Å². The van der Waals surface area contributed by atoms with Crippen molar-refractivity contribution in [2.24, 2.45) is 5.92 Å². The molecule has 1 N–H and O–H groups in total. The molecular weight excluding hydrogens is 238 g/mol. The van der Waals surface area contributed by atoms with Crippen LogP contribution in [0.25, 0.3) is 10.9 Å². The summed E-state index contributed by atoms with van der Waals surface area (Å²) in [7, 11) is 0. The van der Waals surface area contributed by atoms with E-state index in [1.54, 1.807) is 6.20 Å². The molecular formula is C16H19NO2. The average Bonchev–Trinajstić information content (AvgIpc) is 2.99. The Bertz CT molecular complexity index is 544. The van der Waals surface area contributed by atoms with Crippen LogP contribution in [-0.4, -0.2) is 22.8 Å². The second-order valence-electron chi connectivity index (χ2n) is 5.25. The Morgan fingerprint density at radius 3 is 2.84 bits per heavy atom. The zero-order valence-corrected chi connectivity index (χ0v) is 11.0. The van der Waals surface area contributed by atoms with Crippen molar-refractivity contribution < 1.29 is 9.84 Å². The van der Waals surface area contributed by atoms with Gasteiger partial charge < -0.3 is 9.84 Å². The Kier molecular flexibility index (Phi) is 3.65. The number of aliphatic hydroxyl groups excluding tert-OH is 1. The van der Waals surface area contributed by atoms with Crippen LogP contribution in [0.5, 0.6) is 5.75 Å². The zero-order valence-electron chi connectivity index (χ0n) is 11.0. The van der Waals surface area contributed by atoms with E-state index >= 15 is 0 Å². The van der Waals surface area contributed by atoms with Gasteiger partial charge in [-0.05, 0) is 30.9 Å². The minimum absolute atomic E-state index is 0.360. The molecule has 0 radical (unpaired) electrons. The van der Waals surface area contributed by atoms with Gasteiger partial charge in [-0.15, -0.1) is 0 Å². The molecule has 1 unspecified atom stereocenters. The summed E-state index contributed by atoms with van der Waals surface area (Å²) < 4.78 is 5.78. The third kappa shape index (κ3) is 2.71. The van der Waals surface area contributed by atoms with Gasteiger partial charge in [0.15, 0.2) is 0 Å². The largest absolute Gasteiger partial charge is 0.489 e. The molecule has 1 aliphatic carbocycles. The van der Waals surface area contributed by atoms with Gasteiger partial charge in [0.2, 0.25) is 0 Å². The van der Waals surface area contributed by atoms with Gasteiger partial charge in [0.1, 0.15) is 17.9 Å². The summed E-state index contributed by atoms with van der Waals surface area (Å²) in [4.78, 5) is 4.35. The highest BCUT2D eigenvalue weighted by Gasteiger charge is 2.23. The van der Waals surface area contributed by atoms with E-state index in [2.05, 4.69) is 4.98 Å². The van der Waals surface area contributed by atoms with Crippen molar-refractivity contribution in [3.63, 3.8) is 0 Å². The first-order valence-electron chi connectivity index (χ1n) is 6.99. The Morgan fingerprint density at radius 1 is 1.21 bits per heavy atom. The van der Waals surface area contributed by atoms with Gasteiger partial charge in [-0.2, -0.15) is 0 Å². The third-order valence-corrected chi connectivity index (χ3v) is 3.95. The van der Waals surface area contributed by atoms with Crippen LogP contribution in [0.1, 0.15) is 25.7 Å². The van der Waals surface area contributed by atoms with Crippen LogP contribution < -0.4 is 4.74 Å². The molecule has 3 rings (SSSR count). The molecule has 1 saturated carbocycles. The van der Waals surface area contributed by atoms with Gasteiger partial charge in [-0.1, -0.05) is 31.0 Å². The molecule has 0 spiro atoms. The molecule has 0 saturated heterocycles. The fraction of sp³-hybridized carbons (Fsp3) is 0.438. The third-order valence-electron chi connectivity index (χ3n) is 3.95. The van der Waals surface area contributed by atoms with Crippen LogP contribution in [0.15, 0.2) is 36.5 Å². The summed E-state index contributed by atoms with van der Waals surface area (Å²) in [5.41, 5.74) is 0.864. The fourth-order valence-electron chi connectivity index (χ4n) is 2.85. The van der Waals surface area contributed by atoms with E-state index in [0.29, 0.717) is 12.5 Å². The molecule has 1 fully saturated rings. The molecule has 1 atom stereocenters. The number of aliphatic hydroxyl groups is 1. The molecule has 1 aromatic heterocycles. The lowest BCUT2D eigenvalue weighted by atomic mass is 10.0. The summed E-state index contributed by atoms with van der Waals surface area (Å²) in [6, 6.07) is 9.82. The minimum atomic E-state index is -0.360. The van der Waals surface area contributed by atoms with E-state index in [0.717, 1.165) is 29.5 Å². The van der Waals surface area contributed by atoms with Crippen molar-refractivity contribution in [3.8, 4) is 5.75 Å². The van der Waals surface area contributed by atoms with Crippen LogP contribution in [0.3, 0.4) is 0 Å². The van der Waals surface area contributed by atoms with E-state index < -0.39 is 0 Å². The second kappa shape index (κ2) is 5.57. The van der Waals surface area contributed by atoms with E-state index in [1.807, 2.05) is 30.3 Å². The highest BCUT2D eigenvalue weighted by atomic mass is 16.5. The smallest absolute Gasteiger partial charge is 0.145 e. The van der Waals surface area contributed by atoms with E-state index in [-0.39, 0.29) is 6.10 Å². The van der Waals surface area contributed by atoms with Gasteiger partial charge in [0, 0.05) is 11.6 Å². The van der Waals surface area contributed by atoms with Crippen molar-refractivity contribution in [2.75, 3.05) is 6.61 Å². The molecule has 3 nitrogen and oxygen atoms in total. The number of rotatable bonds is 4. The van der Waals surface area contributed by atoms with Gasteiger partial charge in [0.05, 0.1) is 6.10 Å². The van der Waals surface area contributed by atoms with Crippen molar-refractivity contribution >= 4 is 10.9 Å². The van der Waals surface area contributed by atoms with E-state index in [4.69, 9.17) is 4.74 Å². The Hall–Kier alpha value is -1.61. The lowest BCUT2D eigenvalue weighted by molar-refractivity contribution is 0.0598. The Labute approximate surface area is 113 Å². The molecule has 3 heteroatoms. The molecule has 0 aliphatic heterocycles. The standard InChI is InChI=1S/C16H19NO2/c18-14(12-5-1-2-6-12)11-19-15-9-3-7-13-8-4-10-17-16(13)15/h3-4,7-10,12,14,18H,1-2,5-6,11H2.